The molecule has 1 aliphatic heterocycles. The molecule has 27 heavy (non-hydrogen) atoms. The van der Waals surface area contributed by atoms with Crippen LogP contribution in [0.4, 0.5) is 5.69 Å². The van der Waals surface area contributed by atoms with Crippen LogP contribution in [-0.2, 0) is 6.61 Å². The Morgan fingerprint density at radius 3 is 2.74 bits per heavy atom. The average molecular weight is 379 g/mol. The van der Waals surface area contributed by atoms with Gasteiger partial charge in [-0.05, 0) is 36.2 Å². The van der Waals surface area contributed by atoms with Crippen LogP contribution >= 0.6 is 11.3 Å². The summed E-state index contributed by atoms with van der Waals surface area (Å²) in [6, 6.07) is 15.6. The summed E-state index contributed by atoms with van der Waals surface area (Å²) in [5.74, 6) is 0.858. The van der Waals surface area contributed by atoms with Crippen LogP contribution in [0.25, 0.3) is 0 Å². The number of fused-ring (bicyclic) bond motifs is 1. The maximum Gasteiger partial charge on any atom is 0.257 e. The Labute approximate surface area is 162 Å². The lowest BCUT2D eigenvalue weighted by Gasteiger charge is -2.38. The van der Waals surface area contributed by atoms with Gasteiger partial charge in [0.15, 0.2) is 0 Å². The van der Waals surface area contributed by atoms with Gasteiger partial charge in [0.05, 0.1) is 16.8 Å². The number of nitrogens with one attached hydrogen (secondary N) is 1. The predicted octanol–water partition coefficient (Wildman–Crippen LogP) is 4.70. The smallest absolute Gasteiger partial charge is 0.257 e. The molecule has 5 nitrogen and oxygen atoms in total. The van der Waals surface area contributed by atoms with Crippen LogP contribution in [0, 0.1) is 0 Å². The van der Waals surface area contributed by atoms with Crippen molar-refractivity contribution >= 4 is 22.9 Å². The zero-order valence-corrected chi connectivity index (χ0v) is 15.9. The van der Waals surface area contributed by atoms with Crippen molar-refractivity contribution in [1.29, 1.82) is 0 Å². The molecular formula is C21H21N3O2S. The Kier molecular flexibility index (Phi) is 5.07. The predicted molar refractivity (Wildman–Crippen MR) is 107 cm³/mol. The van der Waals surface area contributed by atoms with Crippen molar-refractivity contribution in [3.63, 3.8) is 0 Å². The third kappa shape index (κ3) is 3.66. The van der Waals surface area contributed by atoms with E-state index in [1.54, 1.807) is 16.8 Å². The second-order valence-electron chi connectivity index (χ2n) is 6.43. The molecule has 0 fully saturated rings. The number of ether oxygens (including phenoxy) is 1. The van der Waals surface area contributed by atoms with Crippen LogP contribution in [0.5, 0.6) is 5.75 Å². The molecule has 0 saturated carbocycles. The molecule has 0 saturated heterocycles. The van der Waals surface area contributed by atoms with Gasteiger partial charge in [0.2, 0.25) is 0 Å². The van der Waals surface area contributed by atoms with Gasteiger partial charge in [-0.2, -0.15) is 0 Å². The van der Waals surface area contributed by atoms with Crippen molar-refractivity contribution in [1.82, 2.24) is 9.88 Å². The number of hydrogen-bond donors (Lipinski definition) is 1. The minimum Gasteiger partial charge on any atom is -0.487 e. The van der Waals surface area contributed by atoms with Gasteiger partial charge in [-0.3, -0.25) is 4.79 Å². The molecule has 1 atom stereocenters. The maximum absolute atomic E-state index is 12.9. The molecule has 1 amide bonds. The number of anilines is 1. The molecule has 1 unspecified atom stereocenters. The van der Waals surface area contributed by atoms with Gasteiger partial charge >= 0.3 is 0 Å². The topological polar surface area (TPSA) is 54.5 Å². The van der Waals surface area contributed by atoms with E-state index in [1.807, 2.05) is 58.8 Å². The summed E-state index contributed by atoms with van der Waals surface area (Å²) in [5, 5.41) is 5.49. The number of amides is 1. The highest BCUT2D eigenvalue weighted by Gasteiger charge is 2.32. The number of para-hydroxylation sites is 1. The van der Waals surface area contributed by atoms with E-state index in [2.05, 4.69) is 17.2 Å². The molecule has 4 rings (SSSR count). The number of thiazole rings is 1. The van der Waals surface area contributed by atoms with Gasteiger partial charge in [-0.1, -0.05) is 31.2 Å². The molecule has 1 N–H and O–H groups in total. The van der Waals surface area contributed by atoms with Crippen LogP contribution in [0.3, 0.4) is 0 Å². The van der Waals surface area contributed by atoms with Crippen LogP contribution in [0.15, 0.2) is 59.4 Å². The second kappa shape index (κ2) is 7.80. The van der Waals surface area contributed by atoms with Gasteiger partial charge in [-0.25, -0.2) is 4.98 Å². The van der Waals surface area contributed by atoms with Crippen LogP contribution in [0.2, 0.25) is 0 Å². The maximum atomic E-state index is 12.9. The molecule has 0 bridgehead atoms. The van der Waals surface area contributed by atoms with Gasteiger partial charge in [0.1, 0.15) is 18.5 Å². The number of hydrogen-bond acceptors (Lipinski definition) is 5. The van der Waals surface area contributed by atoms with Crippen LogP contribution in [-0.4, -0.2) is 22.3 Å². The first-order valence-electron chi connectivity index (χ1n) is 9.02. The van der Waals surface area contributed by atoms with Crippen molar-refractivity contribution in [3.05, 3.63) is 76.2 Å². The lowest BCUT2D eigenvalue weighted by Crippen LogP contribution is -2.43. The van der Waals surface area contributed by atoms with E-state index < -0.39 is 0 Å². The fraction of sp³-hybridized carbons (Fsp3) is 0.238. The summed E-state index contributed by atoms with van der Waals surface area (Å²) in [4.78, 5) is 19.1. The van der Waals surface area contributed by atoms with Gasteiger partial charge in [-0.15, -0.1) is 11.3 Å². The SMILES string of the molecule is CCCN1C(=O)c2ccccc2NC1c1ccc(OCc2cscn2)cc1. The molecule has 0 radical (unpaired) electrons. The quantitative estimate of drug-likeness (QED) is 0.675. The Balaban J connectivity index is 1.54. The zero-order valence-electron chi connectivity index (χ0n) is 15.1. The Hall–Kier alpha value is -2.86. The molecule has 2 aromatic carbocycles. The fourth-order valence-electron chi connectivity index (χ4n) is 3.24. The first-order chi connectivity index (χ1) is 13.3. The number of aromatic nitrogens is 1. The van der Waals surface area contributed by atoms with E-state index >= 15 is 0 Å². The van der Waals surface area contributed by atoms with Gasteiger partial charge in [0.25, 0.3) is 5.91 Å². The standard InChI is InChI=1S/C21H21N3O2S/c1-2-11-24-20(23-19-6-4-3-5-18(19)21(24)25)15-7-9-17(10-8-15)26-12-16-13-27-14-22-16/h3-10,13-14,20,23H,2,11-12H2,1H3. The summed E-state index contributed by atoms with van der Waals surface area (Å²) < 4.78 is 5.79. The molecule has 2 heterocycles. The highest BCUT2D eigenvalue weighted by atomic mass is 32.1. The van der Waals surface area contributed by atoms with Crippen LogP contribution < -0.4 is 10.1 Å². The zero-order chi connectivity index (χ0) is 18.6. The molecule has 0 spiro atoms. The molecular weight excluding hydrogens is 358 g/mol. The van der Waals surface area contributed by atoms with Crippen molar-refractivity contribution in [2.75, 3.05) is 11.9 Å². The second-order valence-corrected chi connectivity index (χ2v) is 7.15. The van der Waals surface area contributed by atoms with Gasteiger partial charge in [0, 0.05) is 17.6 Å². The molecule has 3 aromatic rings. The highest BCUT2D eigenvalue weighted by molar-refractivity contribution is 7.07. The highest BCUT2D eigenvalue weighted by Crippen LogP contribution is 2.33. The minimum atomic E-state index is -0.181. The Bertz CT molecular complexity index is 909. The molecule has 0 aliphatic carbocycles. The van der Waals surface area contributed by atoms with Crippen molar-refractivity contribution in [2.45, 2.75) is 26.1 Å². The van der Waals surface area contributed by atoms with Crippen molar-refractivity contribution < 1.29 is 9.53 Å². The summed E-state index contributed by atoms with van der Waals surface area (Å²) in [5.41, 5.74) is 5.36. The lowest BCUT2D eigenvalue weighted by atomic mass is 10.0. The summed E-state index contributed by atoms with van der Waals surface area (Å²) in [6.07, 6.45) is 0.723. The van der Waals surface area contributed by atoms with Crippen molar-refractivity contribution in [2.24, 2.45) is 0 Å². The van der Waals surface area contributed by atoms with Crippen LogP contribution in [0.1, 0.15) is 41.1 Å². The normalized spacial score (nSPS) is 16.0. The molecule has 138 valence electrons. The fourth-order valence-corrected chi connectivity index (χ4v) is 3.78. The first-order valence-corrected chi connectivity index (χ1v) is 9.97. The summed E-state index contributed by atoms with van der Waals surface area (Å²) >= 11 is 1.56. The van der Waals surface area contributed by atoms with E-state index in [-0.39, 0.29) is 12.1 Å². The molecule has 6 heteroatoms. The van der Waals surface area contributed by atoms with E-state index in [1.165, 1.54) is 0 Å². The Morgan fingerprint density at radius 1 is 1.19 bits per heavy atom. The monoisotopic (exact) mass is 379 g/mol. The largest absolute Gasteiger partial charge is 0.487 e. The van der Waals surface area contributed by atoms with Gasteiger partial charge < -0.3 is 15.0 Å². The van der Waals surface area contributed by atoms with E-state index in [4.69, 9.17) is 4.74 Å². The lowest BCUT2D eigenvalue weighted by molar-refractivity contribution is 0.0683. The first kappa shape index (κ1) is 17.5. The number of carbonyl (C=O) groups excluding carboxylic acids is 1. The minimum absolute atomic E-state index is 0.0695. The Morgan fingerprint density at radius 2 is 2.00 bits per heavy atom. The number of benzene rings is 2. The number of nitrogens with zero attached hydrogens (tertiary/aromatic N) is 2. The third-order valence-electron chi connectivity index (χ3n) is 4.55. The van der Waals surface area contributed by atoms with E-state index in [0.717, 1.165) is 34.7 Å². The number of rotatable bonds is 6. The third-order valence-corrected chi connectivity index (χ3v) is 5.19. The molecule has 1 aliphatic rings. The average Bonchev–Trinajstić information content (AvgIpc) is 3.23. The summed E-state index contributed by atoms with van der Waals surface area (Å²) in [6.45, 7) is 3.24. The number of carbonyl (C=O) groups is 1. The van der Waals surface area contributed by atoms with E-state index in [0.29, 0.717) is 13.2 Å². The summed E-state index contributed by atoms with van der Waals surface area (Å²) in [7, 11) is 0. The molecule has 1 aromatic heterocycles. The van der Waals surface area contributed by atoms with Crippen molar-refractivity contribution in [3.8, 4) is 5.75 Å². The van der Waals surface area contributed by atoms with E-state index in [9.17, 15) is 4.79 Å².